The molecule has 5 heteroatoms. The number of phenols is 2. The van der Waals surface area contributed by atoms with Crippen molar-refractivity contribution in [1.82, 2.24) is 0 Å². The van der Waals surface area contributed by atoms with E-state index in [-0.39, 0.29) is 29.6 Å². The van der Waals surface area contributed by atoms with Crippen LogP contribution in [0.25, 0.3) is 22.3 Å². The summed E-state index contributed by atoms with van der Waals surface area (Å²) >= 11 is 0. The normalized spacial score (nSPS) is 10.7. The Morgan fingerprint density at radius 1 is 0.844 bits per heavy atom. The number of halogens is 1. The number of phenolic OH excluding ortho intramolecular Hbond substituents is 2. The van der Waals surface area contributed by atoms with E-state index in [0.717, 1.165) is 16.7 Å². The molecule has 0 heterocycles. The molecule has 0 saturated carbocycles. The van der Waals surface area contributed by atoms with Gasteiger partial charge in [0.25, 0.3) is 0 Å². The first kappa shape index (κ1) is 21.2. The number of rotatable bonds is 6. The quantitative estimate of drug-likeness (QED) is 0.368. The van der Waals surface area contributed by atoms with E-state index in [2.05, 4.69) is 0 Å². The van der Waals surface area contributed by atoms with Gasteiger partial charge < -0.3 is 19.7 Å². The SMILES string of the molecule is COc1c(-c2ccc(O)cc2)cc(C)c(-c2ccc(OCc3ccccc3)c(F)c2)c1O. The standard InChI is InChI=1S/C27H23FO4/c1-17-14-22(19-8-11-21(29)12-9-19)27(31-2)26(30)25(17)20-10-13-24(23(28)15-20)32-16-18-6-4-3-5-7-18/h3-15,29-30H,16H2,1-2H3. The maximum absolute atomic E-state index is 14.8. The predicted octanol–water partition coefficient (Wildman–Crippen LogP) is 6.47. The third kappa shape index (κ3) is 4.23. The number of hydrogen-bond donors (Lipinski definition) is 2. The molecule has 2 N–H and O–H groups in total. The summed E-state index contributed by atoms with van der Waals surface area (Å²) in [5.74, 6) is -0.0226. The summed E-state index contributed by atoms with van der Waals surface area (Å²) in [5.41, 5.74) is 4.15. The van der Waals surface area contributed by atoms with Crippen molar-refractivity contribution in [3.05, 3.63) is 95.8 Å². The highest BCUT2D eigenvalue weighted by molar-refractivity contribution is 5.85. The van der Waals surface area contributed by atoms with Crippen LogP contribution in [0.1, 0.15) is 11.1 Å². The minimum atomic E-state index is -0.515. The lowest BCUT2D eigenvalue weighted by Gasteiger charge is -2.17. The molecule has 0 radical (unpaired) electrons. The fraction of sp³-hybridized carbons (Fsp3) is 0.111. The van der Waals surface area contributed by atoms with Crippen LogP contribution in [0.4, 0.5) is 4.39 Å². The van der Waals surface area contributed by atoms with Gasteiger partial charge in [0.2, 0.25) is 0 Å². The summed E-state index contributed by atoms with van der Waals surface area (Å²) < 4.78 is 25.9. The summed E-state index contributed by atoms with van der Waals surface area (Å²) in [6, 6.07) is 22.7. The van der Waals surface area contributed by atoms with E-state index in [1.807, 2.05) is 43.3 Å². The van der Waals surface area contributed by atoms with Crippen LogP contribution < -0.4 is 9.47 Å². The molecule has 4 aromatic carbocycles. The highest BCUT2D eigenvalue weighted by Gasteiger charge is 2.20. The van der Waals surface area contributed by atoms with Gasteiger partial charge in [0.05, 0.1) is 7.11 Å². The highest BCUT2D eigenvalue weighted by atomic mass is 19.1. The third-order valence-electron chi connectivity index (χ3n) is 5.29. The van der Waals surface area contributed by atoms with Crippen molar-refractivity contribution in [3.63, 3.8) is 0 Å². The van der Waals surface area contributed by atoms with Gasteiger partial charge in [-0.15, -0.1) is 0 Å². The molecule has 162 valence electrons. The van der Waals surface area contributed by atoms with Gasteiger partial charge in [-0.2, -0.15) is 0 Å². The number of methoxy groups -OCH3 is 1. The van der Waals surface area contributed by atoms with Crippen molar-refractivity contribution < 1.29 is 24.1 Å². The molecule has 0 saturated heterocycles. The molecule has 0 unspecified atom stereocenters. The first-order valence-corrected chi connectivity index (χ1v) is 10.1. The smallest absolute Gasteiger partial charge is 0.168 e. The van der Waals surface area contributed by atoms with Gasteiger partial charge in [-0.1, -0.05) is 48.5 Å². The fourth-order valence-electron chi connectivity index (χ4n) is 3.72. The van der Waals surface area contributed by atoms with Crippen LogP contribution in [-0.2, 0) is 6.61 Å². The number of ether oxygens (including phenoxy) is 2. The molecule has 4 rings (SSSR count). The Bertz CT molecular complexity index is 1230. The predicted molar refractivity (Wildman–Crippen MR) is 123 cm³/mol. The van der Waals surface area contributed by atoms with Crippen molar-refractivity contribution in [2.75, 3.05) is 7.11 Å². The minimum absolute atomic E-state index is 0.0760. The van der Waals surface area contributed by atoms with E-state index in [1.165, 1.54) is 13.2 Å². The average molecular weight is 430 g/mol. The Kier molecular flexibility index (Phi) is 5.99. The summed E-state index contributed by atoms with van der Waals surface area (Å²) in [6.07, 6.45) is 0. The maximum Gasteiger partial charge on any atom is 0.168 e. The second kappa shape index (κ2) is 9.02. The second-order valence-electron chi connectivity index (χ2n) is 7.46. The van der Waals surface area contributed by atoms with E-state index in [9.17, 15) is 14.6 Å². The van der Waals surface area contributed by atoms with E-state index in [0.29, 0.717) is 16.7 Å². The van der Waals surface area contributed by atoms with E-state index >= 15 is 0 Å². The molecular weight excluding hydrogens is 407 g/mol. The molecule has 0 aliphatic rings. The number of benzene rings is 4. The molecule has 0 aromatic heterocycles. The van der Waals surface area contributed by atoms with Crippen LogP contribution in [0, 0.1) is 12.7 Å². The van der Waals surface area contributed by atoms with Gasteiger partial charge >= 0.3 is 0 Å². The van der Waals surface area contributed by atoms with Gasteiger partial charge in [-0.05, 0) is 59.5 Å². The largest absolute Gasteiger partial charge is 0.508 e. The lowest BCUT2D eigenvalue weighted by atomic mass is 9.93. The van der Waals surface area contributed by atoms with E-state index in [4.69, 9.17) is 9.47 Å². The van der Waals surface area contributed by atoms with Crippen LogP contribution >= 0.6 is 0 Å². The summed E-state index contributed by atoms with van der Waals surface area (Å²) in [6.45, 7) is 2.10. The lowest BCUT2D eigenvalue weighted by Crippen LogP contribution is -1.98. The third-order valence-corrected chi connectivity index (χ3v) is 5.29. The summed E-state index contributed by atoms with van der Waals surface area (Å²) in [4.78, 5) is 0. The topological polar surface area (TPSA) is 58.9 Å². The van der Waals surface area contributed by atoms with E-state index < -0.39 is 5.82 Å². The summed E-state index contributed by atoms with van der Waals surface area (Å²) in [5, 5.41) is 20.6. The molecule has 4 aromatic rings. The van der Waals surface area contributed by atoms with Crippen molar-refractivity contribution in [1.29, 1.82) is 0 Å². The van der Waals surface area contributed by atoms with Crippen LogP contribution in [0.15, 0.2) is 78.9 Å². The molecule has 0 aliphatic carbocycles. The number of aromatic hydroxyl groups is 2. The summed E-state index contributed by atoms with van der Waals surface area (Å²) in [7, 11) is 1.47. The molecule has 0 bridgehead atoms. The van der Waals surface area contributed by atoms with Crippen LogP contribution in [0.3, 0.4) is 0 Å². The first-order valence-electron chi connectivity index (χ1n) is 10.1. The molecule has 0 fully saturated rings. The van der Waals surface area contributed by atoms with Gasteiger partial charge in [0, 0.05) is 11.1 Å². The molecular formula is C27H23FO4. The van der Waals surface area contributed by atoms with Crippen LogP contribution in [-0.4, -0.2) is 17.3 Å². The van der Waals surface area contributed by atoms with Crippen molar-refractivity contribution in [2.45, 2.75) is 13.5 Å². The zero-order chi connectivity index (χ0) is 22.7. The Labute approximate surface area is 186 Å². The highest BCUT2D eigenvalue weighted by Crippen LogP contribution is 2.46. The Hall–Kier alpha value is -3.99. The van der Waals surface area contributed by atoms with Crippen molar-refractivity contribution >= 4 is 0 Å². The first-order chi connectivity index (χ1) is 15.5. The van der Waals surface area contributed by atoms with Crippen LogP contribution in [0.2, 0.25) is 0 Å². The fourth-order valence-corrected chi connectivity index (χ4v) is 3.72. The zero-order valence-electron chi connectivity index (χ0n) is 17.8. The Balaban J connectivity index is 1.68. The molecule has 0 atom stereocenters. The lowest BCUT2D eigenvalue weighted by molar-refractivity contribution is 0.290. The van der Waals surface area contributed by atoms with Crippen LogP contribution in [0.5, 0.6) is 23.0 Å². The number of hydrogen-bond acceptors (Lipinski definition) is 4. The zero-order valence-corrected chi connectivity index (χ0v) is 17.8. The average Bonchev–Trinajstić information content (AvgIpc) is 2.79. The van der Waals surface area contributed by atoms with Gasteiger partial charge in [-0.3, -0.25) is 0 Å². The Morgan fingerprint density at radius 3 is 2.19 bits per heavy atom. The van der Waals surface area contributed by atoms with Gasteiger partial charge in [0.1, 0.15) is 12.4 Å². The Morgan fingerprint density at radius 2 is 1.53 bits per heavy atom. The molecule has 0 aliphatic heterocycles. The molecule has 0 amide bonds. The maximum atomic E-state index is 14.8. The van der Waals surface area contributed by atoms with Gasteiger partial charge in [-0.25, -0.2) is 4.39 Å². The van der Waals surface area contributed by atoms with E-state index in [1.54, 1.807) is 36.4 Å². The molecule has 4 nitrogen and oxygen atoms in total. The minimum Gasteiger partial charge on any atom is -0.508 e. The molecule has 0 spiro atoms. The van der Waals surface area contributed by atoms with Gasteiger partial charge in [0.15, 0.2) is 23.1 Å². The monoisotopic (exact) mass is 430 g/mol. The number of aryl methyl sites for hydroxylation is 1. The van der Waals surface area contributed by atoms with Crippen molar-refractivity contribution in [2.24, 2.45) is 0 Å². The van der Waals surface area contributed by atoms with Crippen molar-refractivity contribution in [3.8, 4) is 45.3 Å². The molecule has 32 heavy (non-hydrogen) atoms. The second-order valence-corrected chi connectivity index (χ2v) is 7.46.